The summed E-state index contributed by atoms with van der Waals surface area (Å²) in [5.74, 6) is -0.988. The zero-order valence-corrected chi connectivity index (χ0v) is 11.1. The van der Waals surface area contributed by atoms with Crippen LogP contribution in [-0.2, 0) is 0 Å². The van der Waals surface area contributed by atoms with E-state index in [1.54, 1.807) is 5.38 Å². The van der Waals surface area contributed by atoms with Crippen molar-refractivity contribution in [3.63, 3.8) is 0 Å². The largest absolute Gasteiger partial charge is 0.476 e. The van der Waals surface area contributed by atoms with Crippen molar-refractivity contribution >= 4 is 28.1 Å². The maximum absolute atomic E-state index is 10.8. The highest BCUT2D eigenvalue weighted by Gasteiger charge is 2.14. The number of anilines is 2. The monoisotopic (exact) mass is 262 g/mol. The molecule has 94 valence electrons. The minimum absolute atomic E-state index is 0.0982. The number of carboxylic acids is 1. The number of hydrogen-bond acceptors (Lipinski definition) is 4. The van der Waals surface area contributed by atoms with Gasteiger partial charge in [-0.1, -0.05) is 12.1 Å². The van der Waals surface area contributed by atoms with Crippen molar-refractivity contribution in [1.29, 1.82) is 0 Å². The van der Waals surface area contributed by atoms with Crippen LogP contribution in [0.3, 0.4) is 0 Å². The van der Waals surface area contributed by atoms with Crippen LogP contribution in [0.1, 0.15) is 23.0 Å². The number of rotatable bonds is 4. The second kappa shape index (κ2) is 5.18. The van der Waals surface area contributed by atoms with E-state index in [9.17, 15) is 4.79 Å². The molecule has 0 atom stereocenters. The number of aromatic nitrogens is 1. The van der Waals surface area contributed by atoms with E-state index >= 15 is 0 Å². The van der Waals surface area contributed by atoms with Crippen LogP contribution in [0, 0.1) is 6.92 Å². The minimum Gasteiger partial charge on any atom is -0.476 e. The first-order valence-corrected chi connectivity index (χ1v) is 6.53. The Labute approximate surface area is 110 Å². The van der Waals surface area contributed by atoms with E-state index in [0.717, 1.165) is 12.2 Å². The van der Waals surface area contributed by atoms with E-state index in [0.29, 0.717) is 5.13 Å². The zero-order valence-electron chi connectivity index (χ0n) is 10.3. The molecule has 0 unspecified atom stereocenters. The van der Waals surface area contributed by atoms with Gasteiger partial charge in [0, 0.05) is 17.6 Å². The van der Waals surface area contributed by atoms with Gasteiger partial charge in [0.15, 0.2) is 10.8 Å². The van der Waals surface area contributed by atoms with Crippen LogP contribution in [0.4, 0.5) is 10.8 Å². The average molecular weight is 262 g/mol. The number of thiazole rings is 1. The lowest BCUT2D eigenvalue weighted by Gasteiger charge is -2.20. The van der Waals surface area contributed by atoms with Crippen LogP contribution in [0.25, 0.3) is 0 Å². The molecule has 0 amide bonds. The summed E-state index contributed by atoms with van der Waals surface area (Å²) in [4.78, 5) is 17.0. The number of carboxylic acid groups (broad SMARTS) is 1. The molecule has 2 aromatic rings. The van der Waals surface area contributed by atoms with E-state index in [2.05, 4.69) is 11.1 Å². The lowest BCUT2D eigenvalue weighted by Crippen LogP contribution is -2.16. The predicted molar refractivity (Wildman–Crippen MR) is 72.9 cm³/mol. The molecular weight excluding hydrogens is 248 g/mol. The van der Waals surface area contributed by atoms with Crippen LogP contribution >= 0.6 is 11.3 Å². The van der Waals surface area contributed by atoms with E-state index in [-0.39, 0.29) is 5.69 Å². The van der Waals surface area contributed by atoms with Crippen LogP contribution in [-0.4, -0.2) is 22.6 Å². The molecule has 1 N–H and O–H groups in total. The summed E-state index contributed by atoms with van der Waals surface area (Å²) in [6.45, 7) is 4.79. The highest BCUT2D eigenvalue weighted by Crippen LogP contribution is 2.28. The third kappa shape index (κ3) is 2.51. The highest BCUT2D eigenvalue weighted by atomic mass is 32.1. The van der Waals surface area contributed by atoms with Gasteiger partial charge in [-0.2, -0.15) is 0 Å². The first-order chi connectivity index (χ1) is 8.61. The van der Waals surface area contributed by atoms with Crippen molar-refractivity contribution in [2.75, 3.05) is 11.4 Å². The van der Waals surface area contributed by atoms with Gasteiger partial charge in [-0.25, -0.2) is 9.78 Å². The summed E-state index contributed by atoms with van der Waals surface area (Å²) < 4.78 is 0. The number of aromatic carboxylic acids is 1. The Morgan fingerprint density at radius 1 is 1.50 bits per heavy atom. The quantitative estimate of drug-likeness (QED) is 0.918. The predicted octanol–water partition coefficient (Wildman–Crippen LogP) is 3.31. The summed E-state index contributed by atoms with van der Waals surface area (Å²) in [7, 11) is 0. The van der Waals surface area contributed by atoms with Crippen molar-refractivity contribution < 1.29 is 9.90 Å². The van der Waals surface area contributed by atoms with Crippen molar-refractivity contribution in [3.05, 3.63) is 40.9 Å². The lowest BCUT2D eigenvalue weighted by molar-refractivity contribution is 0.0691. The fourth-order valence-corrected chi connectivity index (χ4v) is 2.59. The molecule has 0 radical (unpaired) electrons. The Hall–Kier alpha value is -1.88. The number of benzene rings is 1. The number of hydrogen-bond donors (Lipinski definition) is 1. The van der Waals surface area contributed by atoms with E-state index < -0.39 is 5.97 Å². The molecule has 0 saturated heterocycles. The molecule has 1 heterocycles. The van der Waals surface area contributed by atoms with E-state index in [1.165, 1.54) is 16.9 Å². The fourth-order valence-electron chi connectivity index (χ4n) is 1.71. The van der Waals surface area contributed by atoms with Gasteiger partial charge in [0.05, 0.1) is 0 Å². The Morgan fingerprint density at radius 3 is 2.83 bits per heavy atom. The Bertz CT molecular complexity index is 566. The normalized spacial score (nSPS) is 10.3. The molecule has 0 aliphatic rings. The van der Waals surface area contributed by atoms with Gasteiger partial charge in [0.2, 0.25) is 0 Å². The van der Waals surface area contributed by atoms with Gasteiger partial charge in [-0.15, -0.1) is 11.3 Å². The number of nitrogens with zero attached hydrogens (tertiary/aromatic N) is 2. The standard InChI is InChI=1S/C13H14N2O2S/c1-3-15(10-6-4-5-9(2)7-10)13-14-11(8-18-13)12(16)17/h4-8H,3H2,1-2H3,(H,16,17). The SMILES string of the molecule is CCN(c1cccc(C)c1)c1nc(C(=O)O)cs1. The molecule has 1 aromatic heterocycles. The number of carbonyl (C=O) groups is 1. The Kier molecular flexibility index (Phi) is 3.62. The van der Waals surface area contributed by atoms with E-state index in [4.69, 9.17) is 5.11 Å². The summed E-state index contributed by atoms with van der Waals surface area (Å²) in [6, 6.07) is 8.07. The van der Waals surface area contributed by atoms with Crippen molar-refractivity contribution in [2.45, 2.75) is 13.8 Å². The summed E-state index contributed by atoms with van der Waals surface area (Å²) >= 11 is 1.35. The summed E-state index contributed by atoms with van der Waals surface area (Å²) in [6.07, 6.45) is 0. The molecular formula is C13H14N2O2S. The lowest BCUT2D eigenvalue weighted by atomic mass is 10.2. The highest BCUT2D eigenvalue weighted by molar-refractivity contribution is 7.14. The first-order valence-electron chi connectivity index (χ1n) is 5.65. The molecule has 5 heteroatoms. The third-order valence-corrected chi connectivity index (χ3v) is 3.44. The molecule has 0 aliphatic heterocycles. The summed E-state index contributed by atoms with van der Waals surface area (Å²) in [5, 5.41) is 11.2. The second-order valence-electron chi connectivity index (χ2n) is 3.90. The minimum atomic E-state index is -0.988. The van der Waals surface area contributed by atoms with E-state index in [1.807, 2.05) is 36.9 Å². The van der Waals surface area contributed by atoms with Crippen LogP contribution in [0.2, 0.25) is 0 Å². The molecule has 1 aromatic carbocycles. The molecule has 4 nitrogen and oxygen atoms in total. The van der Waals surface area contributed by atoms with Crippen LogP contribution < -0.4 is 4.90 Å². The molecule has 0 spiro atoms. The number of aryl methyl sites for hydroxylation is 1. The van der Waals surface area contributed by atoms with Crippen molar-refractivity contribution in [3.8, 4) is 0 Å². The second-order valence-corrected chi connectivity index (χ2v) is 4.74. The van der Waals surface area contributed by atoms with Gasteiger partial charge in [-0.05, 0) is 31.5 Å². The van der Waals surface area contributed by atoms with Gasteiger partial charge < -0.3 is 10.0 Å². The maximum Gasteiger partial charge on any atom is 0.355 e. The van der Waals surface area contributed by atoms with Crippen molar-refractivity contribution in [1.82, 2.24) is 4.98 Å². The third-order valence-electron chi connectivity index (χ3n) is 2.57. The van der Waals surface area contributed by atoms with Gasteiger partial charge in [0.25, 0.3) is 0 Å². The topological polar surface area (TPSA) is 53.4 Å². The smallest absolute Gasteiger partial charge is 0.355 e. The zero-order chi connectivity index (χ0) is 13.1. The molecule has 0 bridgehead atoms. The fraction of sp³-hybridized carbons (Fsp3) is 0.231. The van der Waals surface area contributed by atoms with Gasteiger partial charge >= 0.3 is 5.97 Å². The van der Waals surface area contributed by atoms with Crippen LogP contribution in [0.15, 0.2) is 29.6 Å². The Morgan fingerprint density at radius 2 is 2.28 bits per heavy atom. The average Bonchev–Trinajstić information content (AvgIpc) is 2.80. The van der Waals surface area contributed by atoms with Crippen molar-refractivity contribution in [2.24, 2.45) is 0 Å². The summed E-state index contributed by atoms with van der Waals surface area (Å²) in [5.41, 5.74) is 2.30. The molecule has 0 aliphatic carbocycles. The van der Waals surface area contributed by atoms with Gasteiger partial charge in [-0.3, -0.25) is 0 Å². The van der Waals surface area contributed by atoms with Crippen LogP contribution in [0.5, 0.6) is 0 Å². The molecule has 18 heavy (non-hydrogen) atoms. The molecule has 0 fully saturated rings. The maximum atomic E-state index is 10.8. The van der Waals surface area contributed by atoms with Gasteiger partial charge in [0.1, 0.15) is 0 Å². The molecule has 0 saturated carbocycles. The Balaban J connectivity index is 2.35. The molecule has 2 rings (SSSR count). The first kappa shape index (κ1) is 12.6.